The van der Waals surface area contributed by atoms with Gasteiger partial charge in [0.2, 0.25) is 5.91 Å². The van der Waals surface area contributed by atoms with E-state index >= 15 is 0 Å². The molecule has 0 saturated carbocycles. The second-order valence-corrected chi connectivity index (χ2v) is 23.0. The molecule has 1 aliphatic heterocycles. The Morgan fingerprint density at radius 1 is 0.533 bits per heavy atom. The van der Waals surface area contributed by atoms with E-state index in [1.54, 1.807) is 6.08 Å². The highest BCUT2D eigenvalue weighted by Gasteiger charge is 2.48. The van der Waals surface area contributed by atoms with Crippen molar-refractivity contribution in [1.82, 2.24) is 5.32 Å². The van der Waals surface area contributed by atoms with Crippen LogP contribution in [0.25, 0.3) is 0 Å². The quantitative estimate of drug-likeness (QED) is 0.0193. The van der Waals surface area contributed by atoms with Gasteiger partial charge in [-0.15, -0.1) is 0 Å². The first kappa shape index (κ1) is 71.3. The molecule has 1 amide bonds. The molecule has 1 rings (SSSR count). The van der Waals surface area contributed by atoms with Crippen LogP contribution in [0.5, 0.6) is 0 Å². The first-order chi connectivity index (χ1) is 36.5. The molecule has 7 atom stereocenters. The number of nitrogens with one attached hydrogen (secondary N) is 1. The number of hydrogen-bond donors (Lipinski definition) is 6. The molecular formula is C62H117NO11S. The normalized spacial score (nSPS) is 19.3. The van der Waals surface area contributed by atoms with Crippen molar-refractivity contribution < 1.29 is 51.8 Å². The van der Waals surface area contributed by atoms with Gasteiger partial charge in [0.1, 0.15) is 24.4 Å². The van der Waals surface area contributed by atoms with E-state index in [0.29, 0.717) is 6.42 Å². The zero-order chi connectivity index (χ0) is 54.7. The van der Waals surface area contributed by atoms with Crippen LogP contribution in [0.1, 0.15) is 296 Å². The predicted octanol–water partition coefficient (Wildman–Crippen LogP) is 15.3. The molecule has 0 radical (unpaired) electrons. The molecule has 12 nitrogen and oxygen atoms in total. The van der Waals surface area contributed by atoms with Gasteiger partial charge in [-0.05, 0) is 51.4 Å². The van der Waals surface area contributed by atoms with Gasteiger partial charge in [0.25, 0.3) is 0 Å². The van der Waals surface area contributed by atoms with Crippen LogP contribution in [0.15, 0.2) is 36.5 Å². The molecule has 442 valence electrons. The summed E-state index contributed by atoms with van der Waals surface area (Å²) in [5.74, 6) is -0.263. The molecule has 6 N–H and O–H groups in total. The summed E-state index contributed by atoms with van der Waals surface area (Å²) in [6.45, 7) is 3.44. The number of unbranched alkanes of at least 4 members (excludes halogenated alkanes) is 39. The van der Waals surface area contributed by atoms with Gasteiger partial charge < -0.3 is 35.2 Å². The number of carbonyl (C=O) groups excluding carboxylic acids is 1. The number of ether oxygens (including phenoxy) is 2. The number of allylic oxidation sites excluding steroid dienone is 5. The summed E-state index contributed by atoms with van der Waals surface area (Å²) in [4.78, 5) is 13.2. The van der Waals surface area contributed by atoms with Crippen molar-refractivity contribution >= 4 is 16.3 Å². The highest BCUT2D eigenvalue weighted by atomic mass is 32.3. The van der Waals surface area contributed by atoms with Gasteiger partial charge in [0.15, 0.2) is 6.29 Å². The lowest BCUT2D eigenvalue weighted by atomic mass is 9.99. The Labute approximate surface area is 460 Å². The van der Waals surface area contributed by atoms with Crippen molar-refractivity contribution in [3.8, 4) is 0 Å². The molecule has 1 saturated heterocycles. The Bertz CT molecular complexity index is 1460. The summed E-state index contributed by atoms with van der Waals surface area (Å²) in [7, 11) is -5.09. The van der Waals surface area contributed by atoms with Crippen LogP contribution in [0.3, 0.4) is 0 Å². The summed E-state index contributed by atoms with van der Waals surface area (Å²) in [6, 6.07) is -0.948. The summed E-state index contributed by atoms with van der Waals surface area (Å²) in [5, 5.41) is 45.1. The van der Waals surface area contributed by atoms with Crippen molar-refractivity contribution in [3.63, 3.8) is 0 Å². The second-order valence-electron chi connectivity index (χ2n) is 22.0. The Morgan fingerprint density at radius 3 is 1.27 bits per heavy atom. The van der Waals surface area contributed by atoms with Crippen LogP contribution >= 0.6 is 0 Å². The molecule has 1 aliphatic rings. The number of amides is 1. The fourth-order valence-electron chi connectivity index (χ4n) is 10.1. The third kappa shape index (κ3) is 43.8. The number of hydrogen-bond acceptors (Lipinski definition) is 10. The molecular weight excluding hydrogens is 967 g/mol. The monoisotopic (exact) mass is 1080 g/mol. The van der Waals surface area contributed by atoms with E-state index in [0.717, 1.165) is 51.4 Å². The smallest absolute Gasteiger partial charge is 0.394 e. The Kier molecular flexibility index (Phi) is 49.2. The van der Waals surface area contributed by atoms with E-state index in [2.05, 4.69) is 47.7 Å². The summed E-state index contributed by atoms with van der Waals surface area (Å²) in [6.07, 6.45) is 57.6. The SMILES string of the molecule is CCCCCCCCCCC/C=C\C/C=C\CCCCCCCCCCCC(=O)NC(COC1OC(CO)C(O)C(OS(=O)(=O)O)C1O)C(O)/C=C/CCCCCCCCCCCCCCCCCCCCCCC. The van der Waals surface area contributed by atoms with E-state index in [1.165, 1.54) is 218 Å². The molecule has 13 heteroatoms. The first-order valence-electron chi connectivity index (χ1n) is 31.4. The lowest BCUT2D eigenvalue weighted by Crippen LogP contribution is -2.61. The maximum absolute atomic E-state index is 13.2. The van der Waals surface area contributed by atoms with E-state index in [1.807, 2.05) is 6.08 Å². The van der Waals surface area contributed by atoms with Crippen LogP contribution in [0.2, 0.25) is 0 Å². The minimum atomic E-state index is -5.09. The first-order valence-corrected chi connectivity index (χ1v) is 32.7. The minimum absolute atomic E-state index is 0.263. The fourth-order valence-corrected chi connectivity index (χ4v) is 10.6. The maximum Gasteiger partial charge on any atom is 0.397 e. The molecule has 7 unspecified atom stereocenters. The van der Waals surface area contributed by atoms with Crippen molar-refractivity contribution in [3.05, 3.63) is 36.5 Å². The van der Waals surface area contributed by atoms with Gasteiger partial charge >= 0.3 is 10.4 Å². The van der Waals surface area contributed by atoms with Crippen LogP contribution in [0.4, 0.5) is 0 Å². The van der Waals surface area contributed by atoms with Gasteiger partial charge in [-0.2, -0.15) is 8.42 Å². The topological polar surface area (TPSA) is 192 Å². The van der Waals surface area contributed by atoms with Crippen molar-refractivity contribution in [2.45, 2.75) is 339 Å². The predicted molar refractivity (Wildman–Crippen MR) is 310 cm³/mol. The van der Waals surface area contributed by atoms with Crippen LogP contribution in [0, 0.1) is 0 Å². The lowest BCUT2D eigenvalue weighted by molar-refractivity contribution is -0.298. The van der Waals surface area contributed by atoms with Crippen molar-refractivity contribution in [1.29, 1.82) is 0 Å². The Balaban J connectivity index is 2.34. The maximum atomic E-state index is 13.2. The van der Waals surface area contributed by atoms with Gasteiger partial charge in [-0.25, -0.2) is 4.18 Å². The molecule has 0 spiro atoms. The standard InChI is InChI=1S/C62H117NO11S/c1-3-5-7-9-11-13-15-17-19-21-23-25-27-28-30-32-34-36-38-40-42-44-46-48-50-52-58(66)63-55(54-72-62-60(68)61(74-75(69,70)71)59(67)57(53-64)73-62)56(65)51-49-47-45-43-41-39-37-35-33-31-29-26-24-22-20-18-16-14-12-10-8-6-4-2/h23,25,28,30,49,51,55-57,59-62,64-65,67-68H,3-22,24,26-27,29,31-48,50,52-54H2,1-2H3,(H,63,66)(H,69,70,71)/b25-23-,30-28-,51-49+. The summed E-state index contributed by atoms with van der Waals surface area (Å²) < 4.78 is 47.9. The highest BCUT2D eigenvalue weighted by molar-refractivity contribution is 7.80. The average Bonchev–Trinajstić information content (AvgIpc) is 3.39. The fraction of sp³-hybridized carbons (Fsp3) is 0.887. The zero-order valence-electron chi connectivity index (χ0n) is 48.1. The van der Waals surface area contributed by atoms with E-state index < -0.39 is 59.9 Å². The van der Waals surface area contributed by atoms with Crippen LogP contribution in [-0.2, 0) is 28.9 Å². The third-order valence-electron chi connectivity index (χ3n) is 14.9. The Hall–Kier alpha value is -1.68. The second kappa shape index (κ2) is 51.7. The van der Waals surface area contributed by atoms with Gasteiger partial charge in [0.05, 0.1) is 25.4 Å². The largest absolute Gasteiger partial charge is 0.397 e. The zero-order valence-corrected chi connectivity index (χ0v) is 48.9. The van der Waals surface area contributed by atoms with E-state index in [9.17, 15) is 38.2 Å². The van der Waals surface area contributed by atoms with Gasteiger partial charge in [0, 0.05) is 6.42 Å². The highest BCUT2D eigenvalue weighted by Crippen LogP contribution is 2.26. The van der Waals surface area contributed by atoms with E-state index in [-0.39, 0.29) is 18.9 Å². The minimum Gasteiger partial charge on any atom is -0.394 e. The summed E-state index contributed by atoms with van der Waals surface area (Å²) in [5.41, 5.74) is 0. The van der Waals surface area contributed by atoms with Crippen molar-refractivity contribution in [2.24, 2.45) is 0 Å². The lowest BCUT2D eigenvalue weighted by Gasteiger charge is -2.41. The van der Waals surface area contributed by atoms with Gasteiger partial charge in [-0.3, -0.25) is 9.35 Å². The molecule has 0 aromatic heterocycles. The molecule has 0 aliphatic carbocycles. The number of aliphatic hydroxyl groups excluding tert-OH is 4. The Morgan fingerprint density at radius 2 is 0.893 bits per heavy atom. The third-order valence-corrected chi connectivity index (χ3v) is 15.4. The molecule has 1 heterocycles. The molecule has 1 fully saturated rings. The number of aliphatic hydroxyl groups is 4. The average molecular weight is 1080 g/mol. The summed E-state index contributed by atoms with van der Waals surface area (Å²) >= 11 is 0. The van der Waals surface area contributed by atoms with Crippen LogP contribution in [-0.4, -0.2) is 95.4 Å². The van der Waals surface area contributed by atoms with Gasteiger partial charge in [-0.1, -0.05) is 275 Å². The number of rotatable bonds is 55. The van der Waals surface area contributed by atoms with E-state index in [4.69, 9.17) is 9.47 Å². The molecule has 0 aromatic rings. The number of carbonyl (C=O) groups is 1. The van der Waals surface area contributed by atoms with Crippen molar-refractivity contribution in [2.75, 3.05) is 13.2 Å². The molecule has 0 bridgehead atoms. The molecule has 0 aromatic carbocycles. The van der Waals surface area contributed by atoms with Crippen LogP contribution < -0.4 is 5.32 Å². The molecule has 75 heavy (non-hydrogen) atoms.